The molecule has 34 valence electrons. The topological polar surface area (TPSA) is 80.4 Å². The van der Waals surface area contributed by atoms with Gasteiger partial charge in [0.25, 0.3) is 5.09 Å². The van der Waals surface area contributed by atoms with E-state index in [0.717, 1.165) is 0 Å². The zero-order valence-corrected chi connectivity index (χ0v) is 6.51. The SMILES string of the molecule is O=[N+]([O-])O.[O]=[Pb]. The van der Waals surface area contributed by atoms with Crippen LogP contribution >= 0.6 is 0 Å². The minimum atomic E-state index is -1.50. The van der Waals surface area contributed by atoms with Crippen molar-refractivity contribution >= 4 is 25.8 Å². The second-order valence-electron chi connectivity index (χ2n) is 0.238. The minimum absolute atomic E-state index is 0.0556. The van der Waals surface area contributed by atoms with Crippen molar-refractivity contribution in [2.24, 2.45) is 0 Å². The Labute approximate surface area is 49.2 Å². The van der Waals surface area contributed by atoms with Crippen molar-refractivity contribution in [3.8, 4) is 0 Å². The van der Waals surface area contributed by atoms with Crippen LogP contribution in [0.4, 0.5) is 0 Å². The molecule has 0 amide bonds. The Morgan fingerprint density at radius 3 is 1.67 bits per heavy atom. The van der Waals surface area contributed by atoms with Crippen molar-refractivity contribution in [1.29, 1.82) is 0 Å². The summed E-state index contributed by atoms with van der Waals surface area (Å²) in [6.07, 6.45) is 0. The fraction of sp³-hybridized carbons (Fsp3) is 0. The van der Waals surface area contributed by atoms with Gasteiger partial charge in [0.2, 0.25) is 0 Å². The first-order valence-electron chi connectivity index (χ1n) is 0.769. The van der Waals surface area contributed by atoms with E-state index in [1.165, 1.54) is 0 Å². The third-order valence-electron chi connectivity index (χ3n) is 0. The van der Waals surface area contributed by atoms with Gasteiger partial charge in [0.15, 0.2) is 0 Å². The van der Waals surface area contributed by atoms with Crippen molar-refractivity contribution < 1.29 is 13.0 Å². The molecule has 0 spiro atoms. The number of hydrogen-bond donors (Lipinski definition) is 1. The van der Waals surface area contributed by atoms with E-state index in [2.05, 4.69) is 0 Å². The molecule has 0 bridgehead atoms. The molecule has 6 heteroatoms. The molecule has 0 aliphatic carbocycles. The molecule has 0 saturated heterocycles. The maximum absolute atomic E-state index is 8.39. The van der Waals surface area contributed by atoms with Crippen LogP contribution < -0.4 is 0 Å². The Kier molecular flexibility index (Phi) is 13.8. The van der Waals surface area contributed by atoms with Crippen LogP contribution in [-0.2, 0) is 2.69 Å². The van der Waals surface area contributed by atoms with Gasteiger partial charge in [0, 0.05) is 0 Å². The summed E-state index contributed by atoms with van der Waals surface area (Å²) in [7, 11) is 0. The Balaban J connectivity index is 0. The van der Waals surface area contributed by atoms with Gasteiger partial charge in [-0.2, -0.15) is 0 Å². The van der Waals surface area contributed by atoms with E-state index < -0.39 is 5.09 Å². The van der Waals surface area contributed by atoms with Gasteiger partial charge in [-0.25, -0.2) is 0 Å². The predicted molar refractivity (Wildman–Crippen MR) is 15.2 cm³/mol. The molecule has 5 nitrogen and oxygen atoms in total. The zero-order valence-electron chi connectivity index (χ0n) is 2.62. The number of nitrogens with zero attached hydrogens (tertiary/aromatic N) is 1. The second kappa shape index (κ2) is 8.87. The van der Waals surface area contributed by atoms with Gasteiger partial charge in [0.05, 0.1) is 0 Å². The van der Waals surface area contributed by atoms with Crippen LogP contribution in [0.1, 0.15) is 0 Å². The molecule has 0 atom stereocenters. The summed E-state index contributed by atoms with van der Waals surface area (Å²) >= 11 is 0.0556. The fourth-order valence-electron chi connectivity index (χ4n) is 0. The summed E-state index contributed by atoms with van der Waals surface area (Å²) in [6, 6.07) is 0. The van der Waals surface area contributed by atoms with Gasteiger partial charge in [-0.05, 0) is 0 Å². The van der Waals surface area contributed by atoms with Crippen LogP contribution in [0.5, 0.6) is 0 Å². The van der Waals surface area contributed by atoms with Gasteiger partial charge in [0.1, 0.15) is 0 Å². The second-order valence-corrected chi connectivity index (χ2v) is 0.238. The fourth-order valence-corrected chi connectivity index (χ4v) is 0. The number of rotatable bonds is 0. The Morgan fingerprint density at radius 1 is 1.67 bits per heavy atom. The van der Waals surface area contributed by atoms with Crippen molar-refractivity contribution in [3.05, 3.63) is 10.1 Å². The molecule has 0 aromatic heterocycles. The first kappa shape index (κ1) is 9.33. The third-order valence-corrected chi connectivity index (χ3v) is 0. The van der Waals surface area contributed by atoms with Gasteiger partial charge >= 0.3 is 28.5 Å². The van der Waals surface area contributed by atoms with Crippen molar-refractivity contribution in [3.63, 3.8) is 0 Å². The van der Waals surface area contributed by atoms with Gasteiger partial charge in [-0.15, -0.1) is 10.1 Å². The molecule has 6 heavy (non-hydrogen) atoms. The summed E-state index contributed by atoms with van der Waals surface area (Å²) in [5.74, 6) is 0. The molecule has 0 rings (SSSR count). The van der Waals surface area contributed by atoms with E-state index in [9.17, 15) is 0 Å². The average Bonchev–Trinajstić information content (AvgIpc) is 1.41. The van der Waals surface area contributed by atoms with Crippen LogP contribution in [-0.4, -0.2) is 36.1 Å². The number of hydrogen-bond acceptors (Lipinski definition) is 3. The molecular weight excluding hydrogens is 285 g/mol. The third kappa shape index (κ3) is 5520. The summed E-state index contributed by atoms with van der Waals surface area (Å²) < 4.78 is 8.39. The molecule has 0 aliphatic heterocycles. The van der Waals surface area contributed by atoms with Gasteiger partial charge < -0.3 is 5.21 Å². The zero-order chi connectivity index (χ0) is 5.58. The first-order valence-corrected chi connectivity index (χ1v) is 2.36. The predicted octanol–water partition coefficient (Wildman–Crippen LogP) is -0.847. The summed E-state index contributed by atoms with van der Waals surface area (Å²) in [5, 5.41) is 13.6. The molecule has 0 fully saturated rings. The van der Waals surface area contributed by atoms with Crippen LogP contribution in [0.25, 0.3) is 0 Å². The monoisotopic (exact) mass is 287 g/mol. The molecule has 0 heterocycles. The molecule has 0 saturated carbocycles. The Morgan fingerprint density at radius 2 is 1.67 bits per heavy atom. The first-order chi connectivity index (χ1) is 2.73. The average molecular weight is 286 g/mol. The van der Waals surface area contributed by atoms with Gasteiger partial charge in [-0.1, -0.05) is 0 Å². The van der Waals surface area contributed by atoms with Gasteiger partial charge in [-0.3, -0.25) is 0 Å². The van der Waals surface area contributed by atoms with Crippen LogP contribution in [0.3, 0.4) is 0 Å². The molecule has 1 N–H and O–H groups in total. The van der Waals surface area contributed by atoms with Crippen molar-refractivity contribution in [2.45, 2.75) is 0 Å². The molecule has 0 aromatic rings. The Hall–Kier alpha value is -0.0779. The quantitative estimate of drug-likeness (QED) is 0.357. The maximum atomic E-state index is 8.39. The van der Waals surface area contributed by atoms with E-state index in [1.54, 1.807) is 0 Å². The van der Waals surface area contributed by atoms with E-state index in [4.69, 9.17) is 18.0 Å². The van der Waals surface area contributed by atoms with Crippen molar-refractivity contribution in [2.75, 3.05) is 0 Å². The molecule has 0 unspecified atom stereocenters. The normalized spacial score (nSPS) is 4.67. The summed E-state index contributed by atoms with van der Waals surface area (Å²) in [6.45, 7) is 0. The summed E-state index contributed by atoms with van der Waals surface area (Å²) in [4.78, 5) is 8.36. The van der Waals surface area contributed by atoms with E-state index in [0.29, 0.717) is 0 Å². The van der Waals surface area contributed by atoms with E-state index >= 15 is 0 Å². The van der Waals surface area contributed by atoms with Crippen molar-refractivity contribution in [1.82, 2.24) is 0 Å². The van der Waals surface area contributed by atoms with Crippen LogP contribution in [0.2, 0.25) is 0 Å². The summed E-state index contributed by atoms with van der Waals surface area (Å²) in [5.41, 5.74) is 0. The molecular formula is HNO4Pb. The standard InChI is InChI=1S/HNO3.O.Pb/c2-1(3)4;;/h(H,2,3,4);;. The van der Waals surface area contributed by atoms with E-state index in [1.807, 2.05) is 0 Å². The van der Waals surface area contributed by atoms with Crippen LogP contribution in [0.15, 0.2) is 0 Å². The molecule has 2 radical (unpaired) electrons. The Bertz CT molecular complexity index is 38.8. The van der Waals surface area contributed by atoms with Crippen LogP contribution in [0, 0.1) is 10.1 Å². The molecule has 0 aromatic carbocycles. The molecule has 0 aliphatic rings. The van der Waals surface area contributed by atoms with E-state index in [-0.39, 0.29) is 25.8 Å².